The Morgan fingerprint density at radius 1 is 1.27 bits per heavy atom. The maximum atomic E-state index is 12.6. The Morgan fingerprint density at radius 3 is 2.36 bits per heavy atom. The molecule has 22 heavy (non-hydrogen) atoms. The van der Waals surface area contributed by atoms with Crippen LogP contribution in [0.5, 0.6) is 0 Å². The molecule has 1 radical (unpaired) electrons. The van der Waals surface area contributed by atoms with Crippen molar-refractivity contribution in [3.8, 4) is 0 Å². The average molecular weight is 323 g/mol. The van der Waals surface area contributed by atoms with Crippen LogP contribution in [0.1, 0.15) is 39.2 Å². The molecule has 1 aromatic rings. The number of carbonyl (C=O) groups is 1. The van der Waals surface area contributed by atoms with Gasteiger partial charge in [-0.3, -0.25) is 4.79 Å². The van der Waals surface area contributed by atoms with Crippen molar-refractivity contribution < 1.29 is 13.2 Å². The van der Waals surface area contributed by atoms with Crippen LogP contribution in [0.2, 0.25) is 0 Å². The van der Waals surface area contributed by atoms with E-state index < -0.39 is 15.6 Å². The summed E-state index contributed by atoms with van der Waals surface area (Å²) >= 11 is 0. The van der Waals surface area contributed by atoms with Crippen molar-refractivity contribution in [1.29, 1.82) is 0 Å². The number of aryl methyl sites for hydroxylation is 1. The molecule has 1 unspecified atom stereocenters. The summed E-state index contributed by atoms with van der Waals surface area (Å²) in [5.74, 6) is -0.519. The lowest BCUT2D eigenvalue weighted by Gasteiger charge is -2.30. The van der Waals surface area contributed by atoms with Gasteiger partial charge in [0.05, 0.1) is 4.90 Å². The van der Waals surface area contributed by atoms with Crippen LogP contribution < -0.4 is 10.0 Å². The number of benzene rings is 1. The minimum absolute atomic E-state index is 0.152. The van der Waals surface area contributed by atoms with Gasteiger partial charge in [0.25, 0.3) is 5.91 Å². The van der Waals surface area contributed by atoms with Gasteiger partial charge in [-0.2, -0.15) is 4.72 Å². The molecule has 0 bridgehead atoms. The fraction of sp³-hybridized carbons (Fsp3) is 0.562. The van der Waals surface area contributed by atoms with Crippen molar-refractivity contribution in [2.45, 2.75) is 50.5 Å². The lowest BCUT2D eigenvalue weighted by atomic mass is 9.86. The number of carbonyl (C=O) groups excluding carboxylic acids is 1. The predicted octanol–water partition coefficient (Wildman–Crippen LogP) is 1.85. The van der Waals surface area contributed by atoms with Gasteiger partial charge in [0, 0.05) is 6.54 Å². The van der Waals surface area contributed by atoms with Gasteiger partial charge < -0.3 is 0 Å². The molecule has 0 aromatic heterocycles. The number of amides is 1. The van der Waals surface area contributed by atoms with E-state index in [9.17, 15) is 13.2 Å². The van der Waals surface area contributed by atoms with Gasteiger partial charge in [-0.1, -0.05) is 39.3 Å². The van der Waals surface area contributed by atoms with E-state index in [1.807, 2.05) is 26.0 Å². The second-order valence-electron chi connectivity index (χ2n) is 6.06. The molecule has 1 heterocycles. The van der Waals surface area contributed by atoms with Crippen LogP contribution in [0.25, 0.3) is 0 Å². The van der Waals surface area contributed by atoms with Gasteiger partial charge in [-0.05, 0) is 36.5 Å². The number of nitrogens with zero attached hydrogens (tertiary/aromatic N) is 1. The maximum Gasteiger partial charge on any atom is 0.262 e. The first kappa shape index (κ1) is 17.0. The molecular formula is C16H23N2O3S. The van der Waals surface area contributed by atoms with Gasteiger partial charge in [0.1, 0.15) is 5.54 Å². The Morgan fingerprint density at radius 2 is 1.91 bits per heavy atom. The molecule has 1 aromatic carbocycles. The molecule has 0 saturated carbocycles. The molecule has 1 N–H and O–H groups in total. The minimum atomic E-state index is -3.74. The van der Waals surface area contributed by atoms with Gasteiger partial charge in [0.15, 0.2) is 0 Å². The van der Waals surface area contributed by atoms with Crippen molar-refractivity contribution in [2.75, 3.05) is 6.54 Å². The van der Waals surface area contributed by atoms with E-state index in [1.54, 1.807) is 12.1 Å². The van der Waals surface area contributed by atoms with Crippen molar-refractivity contribution in [3.63, 3.8) is 0 Å². The zero-order valence-electron chi connectivity index (χ0n) is 13.3. The molecule has 121 valence electrons. The monoisotopic (exact) mass is 323 g/mol. The Labute approximate surface area is 132 Å². The SMILES string of the molecule is CCCc1ccc(S(=O)(=O)NC2(C(C)C)CC[N]C2=O)cc1. The molecule has 0 aliphatic carbocycles. The first-order valence-electron chi connectivity index (χ1n) is 7.66. The molecule has 1 amide bonds. The van der Waals surface area contributed by atoms with Crippen LogP contribution in [0.4, 0.5) is 0 Å². The highest BCUT2D eigenvalue weighted by molar-refractivity contribution is 7.89. The smallest absolute Gasteiger partial charge is 0.262 e. The summed E-state index contributed by atoms with van der Waals surface area (Å²) in [7, 11) is -3.74. The van der Waals surface area contributed by atoms with Crippen LogP contribution in [0.3, 0.4) is 0 Å². The summed E-state index contributed by atoms with van der Waals surface area (Å²) in [6.07, 6.45) is 2.34. The Kier molecular flexibility index (Phi) is 4.92. The number of rotatable bonds is 6. The standard InChI is InChI=1S/C16H23N2O3S/c1-4-5-13-6-8-14(9-7-13)22(20,21)18-16(12(2)3)10-11-17-15(16)19/h6-9,12,18H,4-5,10-11H2,1-3H3. The largest absolute Gasteiger partial charge is 0.271 e. The maximum absolute atomic E-state index is 12.6. The highest BCUT2D eigenvalue weighted by Gasteiger charge is 2.49. The van der Waals surface area contributed by atoms with Gasteiger partial charge in [0.2, 0.25) is 10.0 Å². The van der Waals surface area contributed by atoms with Crippen LogP contribution >= 0.6 is 0 Å². The van der Waals surface area contributed by atoms with E-state index in [0.29, 0.717) is 13.0 Å². The first-order valence-corrected chi connectivity index (χ1v) is 9.15. The number of hydrogen-bond acceptors (Lipinski definition) is 3. The summed E-state index contributed by atoms with van der Waals surface area (Å²) in [6.45, 7) is 6.12. The average Bonchev–Trinajstić information content (AvgIpc) is 2.81. The molecule has 1 saturated heterocycles. The zero-order valence-corrected chi connectivity index (χ0v) is 14.1. The normalized spacial score (nSPS) is 22.1. The van der Waals surface area contributed by atoms with E-state index in [0.717, 1.165) is 18.4 Å². The molecule has 2 rings (SSSR count). The Balaban J connectivity index is 2.28. The van der Waals surface area contributed by atoms with Gasteiger partial charge in [-0.25, -0.2) is 13.7 Å². The van der Waals surface area contributed by atoms with E-state index in [-0.39, 0.29) is 16.7 Å². The zero-order chi connectivity index (χ0) is 16.4. The fourth-order valence-corrected chi connectivity index (χ4v) is 4.27. The molecule has 1 atom stereocenters. The van der Waals surface area contributed by atoms with E-state index >= 15 is 0 Å². The Bertz CT molecular complexity index is 638. The van der Waals surface area contributed by atoms with Crippen LogP contribution in [0, 0.1) is 5.92 Å². The van der Waals surface area contributed by atoms with E-state index in [4.69, 9.17) is 0 Å². The molecule has 0 spiro atoms. The van der Waals surface area contributed by atoms with E-state index in [2.05, 4.69) is 17.0 Å². The summed E-state index contributed by atoms with van der Waals surface area (Å²) < 4.78 is 27.8. The van der Waals surface area contributed by atoms with E-state index in [1.165, 1.54) is 0 Å². The highest BCUT2D eigenvalue weighted by atomic mass is 32.2. The van der Waals surface area contributed by atoms with Crippen molar-refractivity contribution >= 4 is 15.9 Å². The molecule has 1 fully saturated rings. The lowest BCUT2D eigenvalue weighted by Crippen LogP contribution is -2.56. The second kappa shape index (κ2) is 6.38. The number of hydrogen-bond donors (Lipinski definition) is 1. The molecule has 5 nitrogen and oxygen atoms in total. The number of nitrogens with one attached hydrogen (secondary N) is 1. The lowest BCUT2D eigenvalue weighted by molar-refractivity contribution is -0.125. The third kappa shape index (κ3) is 3.17. The highest BCUT2D eigenvalue weighted by Crippen LogP contribution is 2.28. The molecule has 1 aliphatic heterocycles. The topological polar surface area (TPSA) is 77.3 Å². The first-order chi connectivity index (χ1) is 10.3. The summed E-state index contributed by atoms with van der Waals surface area (Å²) in [5.41, 5.74) is -0.00652. The molecule has 1 aliphatic rings. The third-order valence-corrected chi connectivity index (χ3v) is 5.74. The third-order valence-electron chi connectivity index (χ3n) is 4.22. The van der Waals surface area contributed by atoms with Gasteiger partial charge >= 0.3 is 0 Å². The van der Waals surface area contributed by atoms with Crippen LogP contribution in [-0.4, -0.2) is 26.4 Å². The Hall–Kier alpha value is -1.40. The van der Waals surface area contributed by atoms with Crippen LogP contribution in [-0.2, 0) is 21.2 Å². The summed E-state index contributed by atoms with van der Waals surface area (Å²) in [5, 5.41) is 3.86. The van der Waals surface area contributed by atoms with Crippen molar-refractivity contribution in [1.82, 2.24) is 10.0 Å². The predicted molar refractivity (Wildman–Crippen MR) is 85.0 cm³/mol. The molecule has 6 heteroatoms. The quantitative estimate of drug-likeness (QED) is 0.868. The van der Waals surface area contributed by atoms with Crippen molar-refractivity contribution in [3.05, 3.63) is 29.8 Å². The number of sulfonamides is 1. The van der Waals surface area contributed by atoms with Crippen LogP contribution in [0.15, 0.2) is 29.2 Å². The van der Waals surface area contributed by atoms with Crippen molar-refractivity contribution in [2.24, 2.45) is 5.92 Å². The second-order valence-corrected chi connectivity index (χ2v) is 7.74. The van der Waals surface area contributed by atoms with Gasteiger partial charge in [-0.15, -0.1) is 0 Å². The fourth-order valence-electron chi connectivity index (χ4n) is 2.75. The minimum Gasteiger partial charge on any atom is -0.271 e. The summed E-state index contributed by atoms with van der Waals surface area (Å²) in [4.78, 5) is 12.3. The molecular weight excluding hydrogens is 300 g/mol. The summed E-state index contributed by atoms with van der Waals surface area (Å²) in [6, 6.07) is 6.83.